The Labute approximate surface area is 138 Å². The Morgan fingerprint density at radius 2 is 1.71 bits per heavy atom. The van der Waals surface area contributed by atoms with Gasteiger partial charge in [0, 0.05) is 17.0 Å². The van der Waals surface area contributed by atoms with Crippen LogP contribution in [0.3, 0.4) is 0 Å². The highest BCUT2D eigenvalue weighted by Gasteiger charge is 2.11. The van der Waals surface area contributed by atoms with E-state index in [-0.39, 0.29) is 0 Å². The molecule has 0 radical (unpaired) electrons. The van der Waals surface area contributed by atoms with Crippen molar-refractivity contribution in [1.82, 2.24) is 19.9 Å². The lowest BCUT2D eigenvalue weighted by Gasteiger charge is -2.09. The van der Waals surface area contributed by atoms with Crippen molar-refractivity contribution in [3.63, 3.8) is 0 Å². The van der Waals surface area contributed by atoms with Crippen LogP contribution in [-0.4, -0.2) is 25.1 Å². The molecule has 2 aromatic carbocycles. The van der Waals surface area contributed by atoms with Crippen molar-refractivity contribution >= 4 is 22.5 Å². The van der Waals surface area contributed by atoms with E-state index in [4.69, 9.17) is 0 Å². The molecular formula is C18H15N5O. The highest BCUT2D eigenvalue weighted by atomic mass is 16.5. The molecule has 0 amide bonds. The number of benzene rings is 2. The molecule has 2 heterocycles. The number of fused-ring (bicyclic) bond motifs is 1. The number of nitrogens with one attached hydrogen (secondary N) is 1. The van der Waals surface area contributed by atoms with Gasteiger partial charge >= 0.3 is 0 Å². The fraction of sp³-hybridized carbons (Fsp3) is 0.0556. The minimum Gasteiger partial charge on any atom is -0.411 e. The second-order valence-electron chi connectivity index (χ2n) is 5.46. The van der Waals surface area contributed by atoms with Crippen LogP contribution >= 0.6 is 0 Å². The highest BCUT2D eigenvalue weighted by Crippen LogP contribution is 2.26. The standard InChI is InChI=1S/C18H15N5O/c1-12-11-16(22-23(12)24)20-18-14-9-5-6-10-15(14)19-17(21-18)13-7-3-2-4-8-13/h2-11,24H,1H3,(H,19,20,21,22). The SMILES string of the molecule is Cc1cc(Nc2nc(-c3ccccc3)nc3ccccc23)nn1O. The van der Waals surface area contributed by atoms with Gasteiger partial charge in [0.15, 0.2) is 11.6 Å². The zero-order valence-corrected chi connectivity index (χ0v) is 13.0. The Balaban J connectivity index is 1.86. The normalized spacial score (nSPS) is 10.9. The van der Waals surface area contributed by atoms with E-state index >= 15 is 0 Å². The molecule has 118 valence electrons. The van der Waals surface area contributed by atoms with Crippen LogP contribution in [0.1, 0.15) is 5.69 Å². The molecule has 6 heteroatoms. The fourth-order valence-corrected chi connectivity index (χ4v) is 2.54. The molecule has 0 aliphatic rings. The number of nitrogens with zero attached hydrogens (tertiary/aromatic N) is 4. The minimum absolute atomic E-state index is 0.526. The molecule has 0 spiro atoms. The van der Waals surface area contributed by atoms with Crippen molar-refractivity contribution in [2.75, 3.05) is 5.32 Å². The van der Waals surface area contributed by atoms with Crippen molar-refractivity contribution in [2.45, 2.75) is 6.92 Å². The van der Waals surface area contributed by atoms with Crippen LogP contribution in [0.15, 0.2) is 60.7 Å². The van der Waals surface area contributed by atoms with E-state index in [2.05, 4.69) is 20.4 Å². The number of aryl methyl sites for hydroxylation is 1. The number of hydrogen-bond acceptors (Lipinski definition) is 5. The van der Waals surface area contributed by atoms with Gasteiger partial charge < -0.3 is 10.5 Å². The lowest BCUT2D eigenvalue weighted by atomic mass is 10.2. The minimum atomic E-state index is 0.526. The molecule has 2 aromatic heterocycles. The molecule has 0 saturated heterocycles. The molecule has 4 rings (SSSR count). The monoisotopic (exact) mass is 317 g/mol. The largest absolute Gasteiger partial charge is 0.411 e. The molecule has 24 heavy (non-hydrogen) atoms. The summed E-state index contributed by atoms with van der Waals surface area (Å²) in [4.78, 5) is 10.1. The Morgan fingerprint density at radius 3 is 2.46 bits per heavy atom. The lowest BCUT2D eigenvalue weighted by molar-refractivity contribution is 0.143. The van der Waals surface area contributed by atoms with Gasteiger partial charge in [-0.25, -0.2) is 9.97 Å². The van der Waals surface area contributed by atoms with Gasteiger partial charge in [0.05, 0.1) is 11.2 Å². The van der Waals surface area contributed by atoms with Crippen LogP contribution in [-0.2, 0) is 0 Å². The number of anilines is 2. The van der Waals surface area contributed by atoms with Crippen molar-refractivity contribution < 1.29 is 5.21 Å². The summed E-state index contributed by atoms with van der Waals surface area (Å²) in [5.74, 6) is 1.81. The second-order valence-corrected chi connectivity index (χ2v) is 5.46. The van der Waals surface area contributed by atoms with Gasteiger partial charge in [-0.15, -0.1) is 9.94 Å². The van der Waals surface area contributed by atoms with Crippen molar-refractivity contribution in [1.29, 1.82) is 0 Å². The van der Waals surface area contributed by atoms with Crippen molar-refractivity contribution in [2.24, 2.45) is 0 Å². The number of aromatic nitrogens is 4. The van der Waals surface area contributed by atoms with E-state index in [0.29, 0.717) is 23.2 Å². The number of hydrogen-bond donors (Lipinski definition) is 2. The van der Waals surface area contributed by atoms with Gasteiger partial charge in [-0.3, -0.25) is 0 Å². The summed E-state index contributed by atoms with van der Waals surface area (Å²) in [5, 5.41) is 17.7. The zero-order valence-electron chi connectivity index (χ0n) is 13.0. The molecule has 0 fully saturated rings. The van der Waals surface area contributed by atoms with Crippen molar-refractivity contribution in [3.8, 4) is 11.4 Å². The first-order valence-electron chi connectivity index (χ1n) is 7.56. The Hall–Kier alpha value is -3.41. The van der Waals surface area contributed by atoms with Crippen LogP contribution in [0.4, 0.5) is 11.6 Å². The first-order valence-corrected chi connectivity index (χ1v) is 7.56. The van der Waals surface area contributed by atoms with E-state index in [0.717, 1.165) is 21.3 Å². The third-order valence-corrected chi connectivity index (χ3v) is 3.75. The summed E-state index contributed by atoms with van der Waals surface area (Å²) in [6.45, 7) is 1.77. The first kappa shape index (κ1) is 14.2. The van der Waals surface area contributed by atoms with Gasteiger partial charge in [0.2, 0.25) is 0 Å². The van der Waals surface area contributed by atoms with Crippen LogP contribution in [0.2, 0.25) is 0 Å². The Kier molecular flexibility index (Phi) is 3.35. The van der Waals surface area contributed by atoms with Crippen LogP contribution in [0.25, 0.3) is 22.3 Å². The number of rotatable bonds is 3. The quantitative estimate of drug-likeness (QED) is 0.562. The molecule has 0 saturated carbocycles. The summed E-state index contributed by atoms with van der Waals surface area (Å²) < 4.78 is 0. The molecule has 0 aliphatic carbocycles. The predicted octanol–water partition coefficient (Wildman–Crippen LogP) is 3.78. The van der Waals surface area contributed by atoms with E-state index in [9.17, 15) is 5.21 Å². The Bertz CT molecular complexity index is 991. The number of para-hydroxylation sites is 1. The molecular weight excluding hydrogens is 302 g/mol. The van der Waals surface area contributed by atoms with Gasteiger partial charge in [-0.05, 0) is 19.1 Å². The van der Waals surface area contributed by atoms with E-state index in [1.54, 1.807) is 13.0 Å². The van der Waals surface area contributed by atoms with Gasteiger partial charge in [0.25, 0.3) is 0 Å². The maximum atomic E-state index is 9.60. The lowest BCUT2D eigenvalue weighted by Crippen LogP contribution is -2.01. The molecule has 2 N–H and O–H groups in total. The topological polar surface area (TPSA) is 75.9 Å². The molecule has 0 bridgehead atoms. The first-order chi connectivity index (χ1) is 11.7. The predicted molar refractivity (Wildman–Crippen MR) is 92.4 cm³/mol. The average molecular weight is 317 g/mol. The summed E-state index contributed by atoms with van der Waals surface area (Å²) in [6.07, 6.45) is 0. The van der Waals surface area contributed by atoms with Crippen LogP contribution in [0, 0.1) is 6.92 Å². The average Bonchev–Trinajstić information content (AvgIpc) is 2.93. The van der Waals surface area contributed by atoms with E-state index in [1.807, 2.05) is 54.6 Å². The Morgan fingerprint density at radius 1 is 0.958 bits per heavy atom. The summed E-state index contributed by atoms with van der Waals surface area (Å²) in [6, 6.07) is 19.4. The third kappa shape index (κ3) is 2.54. The molecule has 0 atom stereocenters. The summed E-state index contributed by atoms with van der Waals surface area (Å²) in [7, 11) is 0. The maximum absolute atomic E-state index is 9.60. The third-order valence-electron chi connectivity index (χ3n) is 3.75. The van der Waals surface area contributed by atoms with Gasteiger partial charge in [-0.2, -0.15) is 0 Å². The molecule has 0 unspecified atom stereocenters. The molecule has 0 aliphatic heterocycles. The highest BCUT2D eigenvalue weighted by molar-refractivity contribution is 5.91. The second kappa shape index (κ2) is 5.66. The van der Waals surface area contributed by atoms with E-state index in [1.165, 1.54) is 0 Å². The molecule has 6 nitrogen and oxygen atoms in total. The maximum Gasteiger partial charge on any atom is 0.162 e. The van der Waals surface area contributed by atoms with E-state index < -0.39 is 0 Å². The summed E-state index contributed by atoms with van der Waals surface area (Å²) in [5.41, 5.74) is 2.42. The van der Waals surface area contributed by atoms with Gasteiger partial charge in [0.1, 0.15) is 5.82 Å². The zero-order chi connectivity index (χ0) is 16.5. The summed E-state index contributed by atoms with van der Waals surface area (Å²) >= 11 is 0. The van der Waals surface area contributed by atoms with Gasteiger partial charge in [-0.1, -0.05) is 42.5 Å². The van der Waals surface area contributed by atoms with Crippen LogP contribution in [0.5, 0.6) is 0 Å². The smallest absolute Gasteiger partial charge is 0.162 e. The van der Waals surface area contributed by atoms with Crippen LogP contribution < -0.4 is 5.32 Å². The molecule has 4 aromatic rings. The fourth-order valence-electron chi connectivity index (χ4n) is 2.54. The van der Waals surface area contributed by atoms with Crippen molar-refractivity contribution in [3.05, 3.63) is 66.4 Å².